The zero-order valence-electron chi connectivity index (χ0n) is 33.8. The van der Waals surface area contributed by atoms with E-state index in [-0.39, 0.29) is 26.1 Å². The van der Waals surface area contributed by atoms with E-state index in [1.54, 1.807) is 12.2 Å². The van der Waals surface area contributed by atoms with Gasteiger partial charge in [0.1, 0.15) is 19.8 Å². The summed E-state index contributed by atoms with van der Waals surface area (Å²) in [5, 5.41) is 10.3. The lowest BCUT2D eigenvalue weighted by Crippen LogP contribution is -2.37. The molecule has 0 aromatic carbocycles. The number of aliphatic hydroxyl groups excluding tert-OH is 1. The summed E-state index contributed by atoms with van der Waals surface area (Å²) in [6.45, 7) is 3.85. The zero-order chi connectivity index (χ0) is 39.5. The van der Waals surface area contributed by atoms with Gasteiger partial charge < -0.3 is 33.0 Å². The van der Waals surface area contributed by atoms with Gasteiger partial charge in [-0.25, -0.2) is 0 Å². The SMILES string of the molecule is CC/C=C\C/C=C\C/C=C\C/C=C\C=C\C(O)CCCC(=O)OC(COC(=O)CCCCCCCCCCCCC)COP(=O)([O-])OCC[N+](C)(C)C. The quantitative estimate of drug-likeness (QED) is 0.0167. The van der Waals surface area contributed by atoms with Crippen LogP contribution >= 0.6 is 7.82 Å². The van der Waals surface area contributed by atoms with Gasteiger partial charge in [-0.15, -0.1) is 0 Å². The number of phosphoric ester groups is 1. The number of ether oxygens (including phenoxy) is 2. The summed E-state index contributed by atoms with van der Waals surface area (Å²) in [5.41, 5.74) is 0. The lowest BCUT2D eigenvalue weighted by molar-refractivity contribution is -0.870. The molecule has 0 aliphatic rings. The maximum Gasteiger partial charge on any atom is 0.306 e. The van der Waals surface area contributed by atoms with Crippen LogP contribution in [-0.4, -0.2) is 81.2 Å². The Balaban J connectivity index is 4.64. The van der Waals surface area contributed by atoms with E-state index >= 15 is 0 Å². The first-order valence-electron chi connectivity index (χ1n) is 20.1. The molecule has 0 aliphatic carbocycles. The highest BCUT2D eigenvalue weighted by Gasteiger charge is 2.22. The van der Waals surface area contributed by atoms with E-state index in [9.17, 15) is 24.2 Å². The Labute approximate surface area is 322 Å². The number of aliphatic hydroxyl groups is 1. The average molecular weight is 768 g/mol. The van der Waals surface area contributed by atoms with Crippen molar-refractivity contribution in [3.05, 3.63) is 60.8 Å². The van der Waals surface area contributed by atoms with Gasteiger partial charge in [-0.2, -0.15) is 0 Å². The fraction of sp³-hybridized carbons (Fsp3) is 0.714. The van der Waals surface area contributed by atoms with Crippen molar-refractivity contribution < 1.29 is 47.2 Å². The molecule has 0 saturated carbocycles. The largest absolute Gasteiger partial charge is 0.756 e. The Morgan fingerprint density at radius 1 is 0.698 bits per heavy atom. The average Bonchev–Trinajstić information content (AvgIpc) is 3.09. The van der Waals surface area contributed by atoms with E-state index in [0.717, 1.165) is 44.9 Å². The molecule has 1 N–H and O–H groups in total. The molecule has 306 valence electrons. The molecule has 0 radical (unpaired) electrons. The summed E-state index contributed by atoms with van der Waals surface area (Å²) in [7, 11) is 1.04. The number of quaternary nitrogens is 1. The summed E-state index contributed by atoms with van der Waals surface area (Å²) < 4.78 is 33.6. The van der Waals surface area contributed by atoms with Crippen molar-refractivity contribution in [2.45, 2.75) is 148 Å². The van der Waals surface area contributed by atoms with Gasteiger partial charge in [0.15, 0.2) is 6.10 Å². The fourth-order valence-corrected chi connectivity index (χ4v) is 5.70. The molecule has 0 heterocycles. The number of nitrogens with zero attached hydrogens (tertiary/aromatic N) is 1. The minimum absolute atomic E-state index is 0.00685. The van der Waals surface area contributed by atoms with Gasteiger partial charge >= 0.3 is 11.9 Å². The Morgan fingerprint density at radius 2 is 1.25 bits per heavy atom. The van der Waals surface area contributed by atoms with Crippen LogP contribution in [0, 0.1) is 0 Å². The van der Waals surface area contributed by atoms with E-state index in [4.69, 9.17) is 18.5 Å². The number of unbranched alkanes of at least 4 members (excludes halogenated alkanes) is 10. The molecular weight excluding hydrogens is 693 g/mol. The number of allylic oxidation sites excluding steroid dienone is 9. The van der Waals surface area contributed by atoms with Crippen LogP contribution in [0.2, 0.25) is 0 Å². The number of esters is 2. The van der Waals surface area contributed by atoms with E-state index in [1.165, 1.54) is 44.9 Å². The highest BCUT2D eigenvalue weighted by molar-refractivity contribution is 7.45. The molecule has 0 spiro atoms. The number of carbonyl (C=O) groups is 2. The van der Waals surface area contributed by atoms with Gasteiger partial charge in [0.25, 0.3) is 7.82 Å². The van der Waals surface area contributed by atoms with Crippen molar-refractivity contribution in [2.75, 3.05) is 47.5 Å². The number of rotatable bonds is 35. The molecule has 0 aromatic heterocycles. The Kier molecular flexibility index (Phi) is 32.7. The molecule has 0 aliphatic heterocycles. The van der Waals surface area contributed by atoms with Crippen LogP contribution in [0.5, 0.6) is 0 Å². The molecule has 0 amide bonds. The minimum atomic E-state index is -4.67. The predicted molar refractivity (Wildman–Crippen MR) is 214 cm³/mol. The Bertz CT molecular complexity index is 1110. The summed E-state index contributed by atoms with van der Waals surface area (Å²) in [4.78, 5) is 37.4. The van der Waals surface area contributed by atoms with Crippen molar-refractivity contribution in [3.8, 4) is 0 Å². The molecule has 0 saturated heterocycles. The van der Waals surface area contributed by atoms with Crippen LogP contribution in [0.4, 0.5) is 0 Å². The monoisotopic (exact) mass is 768 g/mol. The number of hydrogen-bond donors (Lipinski definition) is 1. The molecule has 0 fully saturated rings. The van der Waals surface area contributed by atoms with E-state index in [2.05, 4.69) is 50.3 Å². The first-order valence-corrected chi connectivity index (χ1v) is 21.6. The second-order valence-electron chi connectivity index (χ2n) is 14.5. The van der Waals surface area contributed by atoms with Crippen LogP contribution in [0.25, 0.3) is 0 Å². The maximum absolute atomic E-state index is 12.6. The highest BCUT2D eigenvalue weighted by atomic mass is 31.2. The van der Waals surface area contributed by atoms with Gasteiger partial charge in [0, 0.05) is 12.8 Å². The minimum Gasteiger partial charge on any atom is -0.756 e. The van der Waals surface area contributed by atoms with Gasteiger partial charge in [0.2, 0.25) is 0 Å². The van der Waals surface area contributed by atoms with Crippen LogP contribution < -0.4 is 4.89 Å². The lowest BCUT2D eigenvalue weighted by Gasteiger charge is -2.28. The second kappa shape index (κ2) is 34.2. The number of likely N-dealkylation sites (N-methyl/N-ethyl adjacent to an activating group) is 1. The smallest absolute Gasteiger partial charge is 0.306 e. The van der Waals surface area contributed by atoms with Crippen LogP contribution in [0.15, 0.2) is 60.8 Å². The van der Waals surface area contributed by atoms with Crippen molar-refractivity contribution >= 4 is 19.8 Å². The van der Waals surface area contributed by atoms with Crippen molar-refractivity contribution in [1.29, 1.82) is 0 Å². The standard InChI is InChI=1S/C42H74NO9P/c1-6-8-10-12-14-16-18-19-21-22-24-26-28-31-39(44)32-30-34-42(46)52-40(38-51-53(47,48)50-36-35-43(3,4)5)37-49-41(45)33-29-27-25-23-20-17-15-13-11-9-7-2/h8,10,14,16,19,21,24,26,28,31,39-40,44H,6-7,9,11-13,15,17-18,20,22-23,25,27,29-30,32-38H2,1-5H3/b10-8-,16-14-,21-19-,26-24-,31-28+. The third-order valence-corrected chi connectivity index (χ3v) is 9.12. The summed E-state index contributed by atoms with van der Waals surface area (Å²) in [5.74, 6) is -1.04. The van der Waals surface area contributed by atoms with Gasteiger partial charge in [-0.1, -0.05) is 139 Å². The van der Waals surface area contributed by atoms with Gasteiger partial charge in [-0.3, -0.25) is 14.2 Å². The number of carbonyl (C=O) groups excluding carboxylic acids is 2. The molecule has 3 unspecified atom stereocenters. The molecule has 11 heteroatoms. The highest BCUT2D eigenvalue weighted by Crippen LogP contribution is 2.38. The number of hydrogen-bond acceptors (Lipinski definition) is 9. The van der Waals surface area contributed by atoms with E-state index in [0.29, 0.717) is 30.3 Å². The molecule has 53 heavy (non-hydrogen) atoms. The Morgan fingerprint density at radius 3 is 1.83 bits per heavy atom. The van der Waals surface area contributed by atoms with Crippen molar-refractivity contribution in [2.24, 2.45) is 0 Å². The first-order chi connectivity index (χ1) is 25.4. The van der Waals surface area contributed by atoms with Crippen molar-refractivity contribution in [3.63, 3.8) is 0 Å². The van der Waals surface area contributed by atoms with E-state index < -0.39 is 38.6 Å². The molecule has 0 bridgehead atoms. The van der Waals surface area contributed by atoms with Crippen LogP contribution in [0.3, 0.4) is 0 Å². The molecular formula is C42H74NO9P. The molecule has 3 atom stereocenters. The lowest BCUT2D eigenvalue weighted by atomic mass is 10.1. The fourth-order valence-electron chi connectivity index (χ4n) is 4.98. The van der Waals surface area contributed by atoms with Crippen LogP contribution in [-0.2, 0) is 32.7 Å². The number of phosphoric acid groups is 1. The maximum atomic E-state index is 12.6. The summed E-state index contributed by atoms with van der Waals surface area (Å²) >= 11 is 0. The van der Waals surface area contributed by atoms with Crippen LogP contribution in [0.1, 0.15) is 136 Å². The summed E-state index contributed by atoms with van der Waals surface area (Å²) in [6.07, 6.45) is 35.7. The Hall–Kier alpha value is -2.33. The van der Waals surface area contributed by atoms with E-state index in [1.807, 2.05) is 33.3 Å². The molecule has 10 nitrogen and oxygen atoms in total. The first kappa shape index (κ1) is 50.7. The van der Waals surface area contributed by atoms with Gasteiger partial charge in [-0.05, 0) is 44.9 Å². The zero-order valence-corrected chi connectivity index (χ0v) is 34.7. The predicted octanol–water partition coefficient (Wildman–Crippen LogP) is 9.24. The molecule has 0 rings (SSSR count). The third-order valence-electron chi connectivity index (χ3n) is 8.16. The second-order valence-corrected chi connectivity index (χ2v) is 15.9. The topological polar surface area (TPSA) is 131 Å². The summed E-state index contributed by atoms with van der Waals surface area (Å²) in [6, 6.07) is 0. The normalized spacial score (nSPS) is 14.9. The van der Waals surface area contributed by atoms with Crippen molar-refractivity contribution in [1.82, 2.24) is 0 Å². The van der Waals surface area contributed by atoms with Gasteiger partial charge in [0.05, 0.1) is 33.9 Å². The third kappa shape index (κ3) is 37.8. The molecule has 0 aromatic rings.